The summed E-state index contributed by atoms with van der Waals surface area (Å²) in [5, 5.41) is 0. The Kier molecular flexibility index (Phi) is 29.1. The van der Waals surface area contributed by atoms with Crippen LogP contribution >= 0.6 is 0 Å². The molecule has 0 heterocycles. The lowest BCUT2D eigenvalue weighted by Gasteiger charge is -2.05. The fourth-order valence-corrected chi connectivity index (χ4v) is 5.93. The molecule has 0 aromatic heterocycles. The lowest BCUT2D eigenvalue weighted by Crippen LogP contribution is -2.04. The van der Waals surface area contributed by atoms with Gasteiger partial charge >= 0.3 is 5.97 Å². The zero-order valence-corrected chi connectivity index (χ0v) is 27.6. The molecule has 0 atom stereocenters. The number of ether oxygens (including phenoxy) is 1. The van der Waals surface area contributed by atoms with Gasteiger partial charge in [-0.05, 0) is 12.0 Å². The molecule has 0 bridgehead atoms. The smallest absolute Gasteiger partial charge is 0.306 e. The summed E-state index contributed by atoms with van der Waals surface area (Å²) in [6.07, 6.45) is 41.5. The first-order chi connectivity index (χ1) is 20.3. The van der Waals surface area contributed by atoms with Crippen LogP contribution < -0.4 is 0 Å². The first kappa shape index (κ1) is 37.7. The Balaban J connectivity index is 1.65. The van der Waals surface area contributed by atoms with Gasteiger partial charge in [-0.3, -0.25) is 4.79 Å². The van der Waals surface area contributed by atoms with Crippen molar-refractivity contribution in [2.45, 2.75) is 206 Å². The Morgan fingerprint density at radius 1 is 0.439 bits per heavy atom. The van der Waals surface area contributed by atoms with E-state index in [0.29, 0.717) is 13.0 Å². The molecule has 1 aromatic rings. The number of benzene rings is 1. The normalized spacial score (nSPS) is 11.2. The molecule has 0 radical (unpaired) electrons. The van der Waals surface area contributed by atoms with Crippen molar-refractivity contribution in [3.05, 3.63) is 35.9 Å². The van der Waals surface area contributed by atoms with Crippen molar-refractivity contribution >= 4 is 5.97 Å². The first-order valence-corrected chi connectivity index (χ1v) is 18.5. The molecule has 1 aromatic carbocycles. The largest absolute Gasteiger partial charge is 0.461 e. The van der Waals surface area contributed by atoms with E-state index in [1.807, 2.05) is 30.3 Å². The highest BCUT2D eigenvalue weighted by Gasteiger charge is 2.03. The van der Waals surface area contributed by atoms with Gasteiger partial charge in [-0.15, -0.1) is 0 Å². The summed E-state index contributed by atoms with van der Waals surface area (Å²) in [7, 11) is 0. The maximum absolute atomic E-state index is 11.8. The molecule has 0 N–H and O–H groups in total. The Labute approximate surface area is 257 Å². The topological polar surface area (TPSA) is 26.3 Å². The van der Waals surface area contributed by atoms with E-state index in [0.717, 1.165) is 18.4 Å². The van der Waals surface area contributed by atoms with E-state index < -0.39 is 0 Å². The summed E-state index contributed by atoms with van der Waals surface area (Å²) < 4.78 is 5.35. The van der Waals surface area contributed by atoms with Crippen LogP contribution in [0.15, 0.2) is 30.3 Å². The highest BCUT2D eigenvalue weighted by Crippen LogP contribution is 2.16. The van der Waals surface area contributed by atoms with Crippen LogP contribution in [0.4, 0.5) is 0 Å². The molecule has 1 rings (SSSR count). The molecule has 238 valence electrons. The summed E-state index contributed by atoms with van der Waals surface area (Å²) in [5.41, 5.74) is 1.06. The average Bonchev–Trinajstić information content (AvgIpc) is 2.99. The van der Waals surface area contributed by atoms with Gasteiger partial charge in [-0.25, -0.2) is 0 Å². The summed E-state index contributed by atoms with van der Waals surface area (Å²) >= 11 is 0. The van der Waals surface area contributed by atoms with Gasteiger partial charge in [0.05, 0.1) is 0 Å². The van der Waals surface area contributed by atoms with Crippen LogP contribution in [-0.4, -0.2) is 5.97 Å². The molecule has 0 aliphatic heterocycles. The molecule has 0 fully saturated rings. The van der Waals surface area contributed by atoms with Gasteiger partial charge in [0.1, 0.15) is 6.61 Å². The predicted octanol–water partition coefficient (Wildman–Crippen LogP) is 13.5. The van der Waals surface area contributed by atoms with E-state index in [1.165, 1.54) is 173 Å². The van der Waals surface area contributed by atoms with Crippen LogP contribution in [0.3, 0.4) is 0 Å². The SMILES string of the molecule is CCCCCCCCCCCCCCCCCCCCCCCCCCCCCCCC(=O)OCc1ccccc1. The van der Waals surface area contributed by atoms with Gasteiger partial charge in [0.15, 0.2) is 0 Å². The quantitative estimate of drug-likeness (QED) is 0.0636. The zero-order valence-electron chi connectivity index (χ0n) is 27.6. The number of hydrogen-bond acceptors (Lipinski definition) is 2. The maximum Gasteiger partial charge on any atom is 0.306 e. The number of hydrogen-bond donors (Lipinski definition) is 0. The molecular weight excluding hydrogens is 500 g/mol. The van der Waals surface area contributed by atoms with Gasteiger partial charge in [0.2, 0.25) is 0 Å². The van der Waals surface area contributed by atoms with Gasteiger partial charge in [0.25, 0.3) is 0 Å². The van der Waals surface area contributed by atoms with Gasteiger partial charge in [-0.2, -0.15) is 0 Å². The minimum atomic E-state index is -0.0566. The highest BCUT2D eigenvalue weighted by molar-refractivity contribution is 5.69. The fourth-order valence-electron chi connectivity index (χ4n) is 5.93. The van der Waals surface area contributed by atoms with E-state index in [4.69, 9.17) is 4.74 Å². The molecule has 0 aliphatic rings. The van der Waals surface area contributed by atoms with Gasteiger partial charge in [0, 0.05) is 6.42 Å². The molecule has 0 unspecified atom stereocenters. The minimum Gasteiger partial charge on any atom is -0.461 e. The summed E-state index contributed by atoms with van der Waals surface area (Å²) in [6, 6.07) is 9.93. The van der Waals surface area contributed by atoms with Crippen molar-refractivity contribution in [2.75, 3.05) is 0 Å². The average molecular weight is 571 g/mol. The summed E-state index contributed by atoms with van der Waals surface area (Å²) in [4.78, 5) is 11.8. The molecular formula is C39H70O2. The van der Waals surface area contributed by atoms with E-state index in [9.17, 15) is 4.79 Å². The number of carbonyl (C=O) groups excluding carboxylic acids is 1. The fraction of sp³-hybridized carbons (Fsp3) is 0.821. The molecule has 0 amide bonds. The third-order valence-electron chi connectivity index (χ3n) is 8.73. The molecule has 0 aliphatic carbocycles. The highest BCUT2D eigenvalue weighted by atomic mass is 16.5. The zero-order chi connectivity index (χ0) is 29.3. The van der Waals surface area contributed by atoms with E-state index in [-0.39, 0.29) is 5.97 Å². The lowest BCUT2D eigenvalue weighted by molar-refractivity contribution is -0.145. The Hall–Kier alpha value is -1.31. The maximum atomic E-state index is 11.8. The second kappa shape index (κ2) is 31.6. The number of carbonyl (C=O) groups is 1. The van der Waals surface area contributed by atoms with Crippen molar-refractivity contribution in [3.8, 4) is 0 Å². The number of rotatable bonds is 32. The van der Waals surface area contributed by atoms with Crippen LogP contribution in [0.5, 0.6) is 0 Å². The number of esters is 1. The van der Waals surface area contributed by atoms with Crippen molar-refractivity contribution in [1.82, 2.24) is 0 Å². The van der Waals surface area contributed by atoms with E-state index in [1.54, 1.807) is 0 Å². The van der Waals surface area contributed by atoms with Crippen molar-refractivity contribution in [2.24, 2.45) is 0 Å². The summed E-state index contributed by atoms with van der Waals surface area (Å²) in [5.74, 6) is -0.0566. The van der Waals surface area contributed by atoms with Crippen LogP contribution in [0.1, 0.15) is 205 Å². The second-order valence-electron chi connectivity index (χ2n) is 12.8. The standard InChI is InChI=1S/C39H70O2/c1-2-3-4-5-6-7-8-9-10-11-12-13-14-15-16-17-18-19-20-21-22-23-24-25-26-27-28-29-33-36-39(40)41-37-38-34-31-30-32-35-38/h30-32,34-35H,2-29,33,36-37H2,1H3. The minimum absolute atomic E-state index is 0.0566. The van der Waals surface area contributed by atoms with Crippen molar-refractivity contribution in [3.63, 3.8) is 0 Å². The lowest BCUT2D eigenvalue weighted by atomic mass is 10.0. The molecule has 2 heteroatoms. The van der Waals surface area contributed by atoms with Crippen LogP contribution in [0.25, 0.3) is 0 Å². The van der Waals surface area contributed by atoms with Crippen molar-refractivity contribution in [1.29, 1.82) is 0 Å². The third kappa shape index (κ3) is 28.6. The van der Waals surface area contributed by atoms with Crippen LogP contribution in [0, 0.1) is 0 Å². The molecule has 0 saturated carbocycles. The molecule has 2 nitrogen and oxygen atoms in total. The van der Waals surface area contributed by atoms with Crippen molar-refractivity contribution < 1.29 is 9.53 Å². The second-order valence-corrected chi connectivity index (χ2v) is 12.8. The third-order valence-corrected chi connectivity index (χ3v) is 8.73. The van der Waals surface area contributed by atoms with E-state index >= 15 is 0 Å². The Morgan fingerprint density at radius 3 is 1.05 bits per heavy atom. The Morgan fingerprint density at radius 2 is 0.732 bits per heavy atom. The van der Waals surface area contributed by atoms with Crippen LogP contribution in [-0.2, 0) is 16.1 Å². The summed E-state index contributed by atoms with van der Waals surface area (Å²) in [6.45, 7) is 2.70. The molecule has 41 heavy (non-hydrogen) atoms. The monoisotopic (exact) mass is 571 g/mol. The first-order valence-electron chi connectivity index (χ1n) is 18.5. The van der Waals surface area contributed by atoms with Gasteiger partial charge < -0.3 is 4.74 Å². The van der Waals surface area contributed by atoms with Gasteiger partial charge in [-0.1, -0.05) is 217 Å². The van der Waals surface area contributed by atoms with Crippen LogP contribution in [0.2, 0.25) is 0 Å². The van der Waals surface area contributed by atoms with E-state index in [2.05, 4.69) is 6.92 Å². The number of unbranched alkanes of at least 4 members (excludes halogenated alkanes) is 28. The molecule has 0 spiro atoms. The molecule has 0 saturated heterocycles. The predicted molar refractivity (Wildman–Crippen MR) is 180 cm³/mol. The Bertz CT molecular complexity index is 640.